The van der Waals surface area contributed by atoms with Gasteiger partial charge in [-0.1, -0.05) is 38.1 Å². The van der Waals surface area contributed by atoms with Gasteiger partial charge in [0.2, 0.25) is 0 Å². The van der Waals surface area contributed by atoms with Crippen LogP contribution in [-0.4, -0.2) is 5.11 Å². The van der Waals surface area contributed by atoms with Gasteiger partial charge in [-0.15, -0.1) is 0 Å². The second kappa shape index (κ2) is 3.39. The molecule has 1 saturated carbocycles. The van der Waals surface area contributed by atoms with Gasteiger partial charge in [0.1, 0.15) is 0 Å². The first-order valence-electron chi connectivity index (χ1n) is 5.48. The summed E-state index contributed by atoms with van der Waals surface area (Å²) in [5.74, 6) is 0.623. The predicted molar refractivity (Wildman–Crippen MR) is 58.3 cm³/mol. The molecule has 1 aromatic rings. The molecule has 1 atom stereocenters. The molecule has 1 unspecified atom stereocenters. The highest BCUT2D eigenvalue weighted by Crippen LogP contribution is 2.45. The minimum atomic E-state index is -0.478. The van der Waals surface area contributed by atoms with E-state index in [-0.39, 0.29) is 0 Å². The molecule has 2 rings (SSSR count). The van der Waals surface area contributed by atoms with Crippen molar-refractivity contribution in [2.45, 2.75) is 44.6 Å². The molecule has 0 bridgehead atoms. The summed E-state index contributed by atoms with van der Waals surface area (Å²) >= 11 is 0. The second-order valence-corrected chi connectivity index (χ2v) is 4.46. The van der Waals surface area contributed by atoms with E-state index in [0.29, 0.717) is 5.92 Å². The molecule has 1 aliphatic carbocycles. The highest BCUT2D eigenvalue weighted by Gasteiger charge is 2.41. The first kappa shape index (κ1) is 9.72. The molecule has 0 saturated heterocycles. The molecular formula is C13H18O. The lowest BCUT2D eigenvalue weighted by Crippen LogP contribution is -2.04. The van der Waals surface area contributed by atoms with Gasteiger partial charge in [0.15, 0.2) is 0 Å². The first-order valence-corrected chi connectivity index (χ1v) is 5.48. The molecule has 0 heterocycles. The van der Waals surface area contributed by atoms with Crippen LogP contribution in [0.5, 0.6) is 0 Å². The maximum absolute atomic E-state index is 9.89. The minimum absolute atomic E-state index is 0.478. The Bertz CT molecular complexity index is 309. The summed E-state index contributed by atoms with van der Waals surface area (Å²) in [7, 11) is 0. The van der Waals surface area contributed by atoms with Gasteiger partial charge in [0, 0.05) is 0 Å². The summed E-state index contributed by atoms with van der Waals surface area (Å²) < 4.78 is 0. The van der Waals surface area contributed by atoms with Crippen molar-refractivity contribution in [3.8, 4) is 0 Å². The molecule has 1 N–H and O–H groups in total. The van der Waals surface area contributed by atoms with E-state index in [1.807, 2.05) is 0 Å². The molecule has 0 spiro atoms. The van der Waals surface area contributed by atoms with Crippen molar-refractivity contribution >= 4 is 0 Å². The number of hydrogen-bond acceptors (Lipinski definition) is 1. The van der Waals surface area contributed by atoms with Crippen LogP contribution < -0.4 is 0 Å². The topological polar surface area (TPSA) is 20.2 Å². The maximum Gasteiger partial charge on any atom is 0.0899 e. The molecule has 0 radical (unpaired) electrons. The normalized spacial score (nSPS) is 20.5. The average molecular weight is 190 g/mol. The van der Waals surface area contributed by atoms with Crippen LogP contribution in [-0.2, 0) is 5.60 Å². The number of rotatable bonds is 3. The SMILES string of the molecule is CCC(C)c1ccc(C2(O)CC2)cc1. The molecular weight excluding hydrogens is 172 g/mol. The Morgan fingerprint density at radius 3 is 2.29 bits per heavy atom. The Kier molecular flexibility index (Phi) is 2.36. The molecule has 1 fully saturated rings. The van der Waals surface area contributed by atoms with Crippen LogP contribution in [0.15, 0.2) is 24.3 Å². The largest absolute Gasteiger partial charge is 0.385 e. The van der Waals surface area contributed by atoms with Crippen molar-refractivity contribution in [1.29, 1.82) is 0 Å². The van der Waals surface area contributed by atoms with Crippen LogP contribution in [0.25, 0.3) is 0 Å². The number of aliphatic hydroxyl groups is 1. The summed E-state index contributed by atoms with van der Waals surface area (Å²) in [6, 6.07) is 8.46. The Morgan fingerprint density at radius 2 is 1.86 bits per heavy atom. The van der Waals surface area contributed by atoms with Crippen LogP contribution in [0.4, 0.5) is 0 Å². The molecule has 0 aromatic heterocycles. The van der Waals surface area contributed by atoms with Crippen molar-refractivity contribution in [1.82, 2.24) is 0 Å². The zero-order chi connectivity index (χ0) is 10.2. The average Bonchev–Trinajstić information content (AvgIpc) is 2.97. The lowest BCUT2D eigenvalue weighted by atomic mass is 9.96. The summed E-state index contributed by atoms with van der Waals surface area (Å²) in [6.07, 6.45) is 3.02. The van der Waals surface area contributed by atoms with Crippen molar-refractivity contribution in [3.05, 3.63) is 35.4 Å². The fraction of sp³-hybridized carbons (Fsp3) is 0.538. The van der Waals surface area contributed by atoms with Gasteiger partial charge in [0.05, 0.1) is 5.60 Å². The van der Waals surface area contributed by atoms with Crippen LogP contribution >= 0.6 is 0 Å². The van der Waals surface area contributed by atoms with Gasteiger partial charge in [0.25, 0.3) is 0 Å². The van der Waals surface area contributed by atoms with E-state index < -0.39 is 5.60 Å². The summed E-state index contributed by atoms with van der Waals surface area (Å²) in [5, 5.41) is 9.89. The number of hydrogen-bond donors (Lipinski definition) is 1. The zero-order valence-electron chi connectivity index (χ0n) is 8.96. The third-order valence-corrected chi connectivity index (χ3v) is 3.35. The van der Waals surface area contributed by atoms with E-state index in [1.165, 1.54) is 12.0 Å². The quantitative estimate of drug-likeness (QED) is 0.776. The third kappa shape index (κ3) is 1.69. The van der Waals surface area contributed by atoms with Crippen molar-refractivity contribution < 1.29 is 5.11 Å². The predicted octanol–water partition coefficient (Wildman–Crippen LogP) is 3.18. The van der Waals surface area contributed by atoms with Gasteiger partial charge in [-0.25, -0.2) is 0 Å². The fourth-order valence-corrected chi connectivity index (χ4v) is 1.76. The summed E-state index contributed by atoms with van der Waals surface area (Å²) in [4.78, 5) is 0. The Labute approximate surface area is 85.8 Å². The van der Waals surface area contributed by atoms with Crippen LogP contribution in [0.2, 0.25) is 0 Å². The Balaban J connectivity index is 2.18. The van der Waals surface area contributed by atoms with E-state index in [9.17, 15) is 5.11 Å². The van der Waals surface area contributed by atoms with Crippen LogP contribution in [0.3, 0.4) is 0 Å². The van der Waals surface area contributed by atoms with Gasteiger partial charge in [-0.05, 0) is 36.3 Å². The monoisotopic (exact) mass is 190 g/mol. The standard InChI is InChI=1S/C13H18O/c1-3-10(2)11-4-6-12(7-5-11)13(14)8-9-13/h4-7,10,14H,3,8-9H2,1-2H3. The van der Waals surface area contributed by atoms with E-state index in [1.54, 1.807) is 0 Å². The molecule has 1 aliphatic rings. The van der Waals surface area contributed by atoms with Gasteiger partial charge < -0.3 is 5.11 Å². The van der Waals surface area contributed by atoms with E-state index in [0.717, 1.165) is 18.4 Å². The highest BCUT2D eigenvalue weighted by molar-refractivity contribution is 5.31. The number of benzene rings is 1. The Morgan fingerprint density at radius 1 is 1.29 bits per heavy atom. The third-order valence-electron chi connectivity index (χ3n) is 3.35. The van der Waals surface area contributed by atoms with Crippen LogP contribution in [0, 0.1) is 0 Å². The van der Waals surface area contributed by atoms with Crippen molar-refractivity contribution in [3.63, 3.8) is 0 Å². The van der Waals surface area contributed by atoms with E-state index >= 15 is 0 Å². The molecule has 0 aliphatic heterocycles. The molecule has 0 amide bonds. The minimum Gasteiger partial charge on any atom is -0.385 e. The van der Waals surface area contributed by atoms with Gasteiger partial charge >= 0.3 is 0 Å². The fourth-order valence-electron chi connectivity index (χ4n) is 1.76. The lowest BCUT2D eigenvalue weighted by molar-refractivity contribution is 0.151. The maximum atomic E-state index is 9.89. The summed E-state index contributed by atoms with van der Waals surface area (Å²) in [5.41, 5.74) is 1.98. The molecule has 1 nitrogen and oxygen atoms in total. The summed E-state index contributed by atoms with van der Waals surface area (Å²) in [6.45, 7) is 4.44. The Hall–Kier alpha value is -0.820. The zero-order valence-corrected chi connectivity index (χ0v) is 8.96. The van der Waals surface area contributed by atoms with Crippen LogP contribution in [0.1, 0.15) is 50.2 Å². The first-order chi connectivity index (χ1) is 6.65. The van der Waals surface area contributed by atoms with Gasteiger partial charge in [-0.2, -0.15) is 0 Å². The van der Waals surface area contributed by atoms with E-state index in [4.69, 9.17) is 0 Å². The molecule has 1 heteroatoms. The van der Waals surface area contributed by atoms with Crippen molar-refractivity contribution in [2.75, 3.05) is 0 Å². The molecule has 76 valence electrons. The molecule has 1 aromatic carbocycles. The van der Waals surface area contributed by atoms with Gasteiger partial charge in [-0.3, -0.25) is 0 Å². The lowest BCUT2D eigenvalue weighted by Gasteiger charge is -2.12. The molecule has 14 heavy (non-hydrogen) atoms. The highest BCUT2D eigenvalue weighted by atomic mass is 16.3. The second-order valence-electron chi connectivity index (χ2n) is 4.46. The smallest absolute Gasteiger partial charge is 0.0899 e. The van der Waals surface area contributed by atoms with E-state index in [2.05, 4.69) is 38.1 Å². The van der Waals surface area contributed by atoms with Crippen molar-refractivity contribution in [2.24, 2.45) is 0 Å².